The highest BCUT2D eigenvalue weighted by Crippen LogP contribution is 2.61. The second kappa shape index (κ2) is 12.5. The minimum Gasteiger partial charge on any atom is -0.383 e. The molecular weight excluding hydrogens is 623 g/mol. The molecule has 0 bridgehead atoms. The molecule has 2 heterocycles. The Morgan fingerprint density at radius 3 is 2.12 bits per heavy atom. The minimum absolute atomic E-state index is 0.196. The molecule has 0 saturated heterocycles. The Hall–Kier alpha value is -6.46. The number of nitrogens with two attached hydrogens (primary N) is 1. The quantitative estimate of drug-likeness (QED) is 0.137. The molecule has 5 heteroatoms. The highest BCUT2D eigenvalue weighted by molar-refractivity contribution is 5.98. The molecule has 2 N–H and O–H groups in total. The number of hydrogen-bond acceptors (Lipinski definition) is 3. The van der Waals surface area contributed by atoms with Crippen LogP contribution in [0.25, 0.3) is 22.7 Å². The lowest BCUT2D eigenvalue weighted by molar-refractivity contribution is 0.461. The zero-order valence-corrected chi connectivity index (χ0v) is 28.3. The monoisotopic (exact) mass is 659 g/mol. The van der Waals surface area contributed by atoms with Crippen LogP contribution in [0.4, 0.5) is 11.4 Å². The third kappa shape index (κ3) is 5.09. The van der Waals surface area contributed by atoms with Gasteiger partial charge in [0.25, 0.3) is 0 Å². The zero-order valence-electron chi connectivity index (χ0n) is 28.3. The zero-order chi connectivity index (χ0) is 34.4. The van der Waals surface area contributed by atoms with Crippen molar-refractivity contribution < 1.29 is 0 Å². The Kier molecular flexibility index (Phi) is 7.47. The first-order chi connectivity index (χ1) is 25.1. The van der Waals surface area contributed by atoms with Crippen molar-refractivity contribution in [3.8, 4) is 5.69 Å². The topological polar surface area (TPSA) is 58.9 Å². The van der Waals surface area contributed by atoms with Gasteiger partial charge in [0.2, 0.25) is 0 Å². The molecule has 9 rings (SSSR count). The van der Waals surface area contributed by atoms with Crippen molar-refractivity contribution in [2.45, 2.75) is 24.5 Å². The van der Waals surface area contributed by atoms with Crippen LogP contribution in [0, 0.1) is 0 Å². The van der Waals surface area contributed by atoms with E-state index in [-0.39, 0.29) is 11.5 Å². The van der Waals surface area contributed by atoms with Crippen molar-refractivity contribution in [2.75, 3.05) is 4.90 Å². The van der Waals surface area contributed by atoms with Gasteiger partial charge >= 0.3 is 0 Å². The Morgan fingerprint density at radius 1 is 0.706 bits per heavy atom. The maximum absolute atomic E-state index is 6.71. The standard InChI is InChI=1S/C46H37N5/c1-46-39(37-21-11-14-24-41(37)51(46)36-19-9-4-10-20-36)29-30-42-43(46)38-22-12-13-23-40(38)50(42)35-27-25-33(26-28-35)44(47)49-45(34-17-7-3-8-18-34)48-31-32-15-5-2-6-16-32/h2-31,39,45H,1H3,(H2,47,49)/b48-31+. The Labute approximate surface area is 298 Å². The first-order valence-corrected chi connectivity index (χ1v) is 17.4. The van der Waals surface area contributed by atoms with E-state index in [0.29, 0.717) is 5.84 Å². The first kappa shape index (κ1) is 30.6. The summed E-state index contributed by atoms with van der Waals surface area (Å²) >= 11 is 0. The van der Waals surface area contributed by atoms with Gasteiger partial charge in [-0.25, -0.2) is 4.99 Å². The van der Waals surface area contributed by atoms with Crippen molar-refractivity contribution in [3.63, 3.8) is 0 Å². The van der Waals surface area contributed by atoms with Crippen LogP contribution in [0.1, 0.15) is 52.5 Å². The van der Waals surface area contributed by atoms with Crippen LogP contribution in [0.3, 0.4) is 0 Å². The normalized spacial score (nSPS) is 18.5. The summed E-state index contributed by atoms with van der Waals surface area (Å²) in [6.45, 7) is 2.41. The maximum Gasteiger partial charge on any atom is 0.167 e. The molecule has 0 radical (unpaired) electrons. The number of nitrogens with zero attached hydrogens (tertiary/aromatic N) is 4. The van der Waals surface area contributed by atoms with Gasteiger partial charge in [0.1, 0.15) is 5.84 Å². The van der Waals surface area contributed by atoms with Gasteiger partial charge in [0, 0.05) is 45.7 Å². The minimum atomic E-state index is -0.464. The van der Waals surface area contributed by atoms with Crippen LogP contribution < -0.4 is 10.6 Å². The van der Waals surface area contributed by atoms with E-state index in [2.05, 4.69) is 132 Å². The second-order valence-electron chi connectivity index (χ2n) is 13.4. The van der Waals surface area contributed by atoms with Crippen molar-refractivity contribution in [1.82, 2.24) is 4.57 Å². The average Bonchev–Trinajstić information content (AvgIpc) is 3.67. The number of fused-ring (bicyclic) bond motifs is 7. The summed E-state index contributed by atoms with van der Waals surface area (Å²) in [5, 5.41) is 1.25. The summed E-state index contributed by atoms with van der Waals surface area (Å²) in [4.78, 5) is 12.3. The molecule has 0 spiro atoms. The lowest BCUT2D eigenvalue weighted by atomic mass is 9.73. The van der Waals surface area contributed by atoms with Gasteiger partial charge in [-0.05, 0) is 78.2 Å². The fourth-order valence-corrected chi connectivity index (χ4v) is 8.11. The van der Waals surface area contributed by atoms with Crippen LogP contribution in [0.15, 0.2) is 180 Å². The number of amidine groups is 1. The molecule has 6 aromatic carbocycles. The Morgan fingerprint density at radius 2 is 1.35 bits per heavy atom. The summed E-state index contributed by atoms with van der Waals surface area (Å²) in [5.41, 5.74) is 17.8. The molecule has 1 aliphatic carbocycles. The number of benzene rings is 6. The summed E-state index contributed by atoms with van der Waals surface area (Å²) in [5.74, 6) is 0.638. The molecule has 1 aliphatic heterocycles. The van der Waals surface area contributed by atoms with E-state index in [1.165, 1.54) is 39.1 Å². The van der Waals surface area contributed by atoms with Gasteiger partial charge in [-0.3, -0.25) is 4.99 Å². The van der Waals surface area contributed by atoms with Crippen molar-refractivity contribution in [2.24, 2.45) is 15.7 Å². The SMILES string of the molecule is CC12c3c(n(-c4ccc(/C(N)=N/C(/N=C/c5ccccc5)c5ccccc5)cc4)c4ccccc34)C=CC1c1ccccc1N2c1ccccc1. The third-order valence-electron chi connectivity index (χ3n) is 10.4. The Bertz CT molecular complexity index is 2440. The van der Waals surface area contributed by atoms with Crippen molar-refractivity contribution in [1.29, 1.82) is 0 Å². The van der Waals surface area contributed by atoms with Crippen LogP contribution in [0.2, 0.25) is 0 Å². The van der Waals surface area contributed by atoms with Crippen LogP contribution in [-0.2, 0) is 5.54 Å². The van der Waals surface area contributed by atoms with E-state index in [1.807, 2.05) is 66.9 Å². The third-order valence-corrected chi connectivity index (χ3v) is 10.4. The van der Waals surface area contributed by atoms with Crippen LogP contribution in [0.5, 0.6) is 0 Å². The lowest BCUT2D eigenvalue weighted by Gasteiger charge is -2.43. The number of hydrogen-bond donors (Lipinski definition) is 1. The number of aromatic nitrogens is 1. The molecule has 2 aliphatic rings. The van der Waals surface area contributed by atoms with Gasteiger partial charge < -0.3 is 15.2 Å². The molecular formula is C46H37N5. The summed E-state index contributed by atoms with van der Waals surface area (Å²) < 4.78 is 2.39. The molecule has 1 aromatic heterocycles. The fourth-order valence-electron chi connectivity index (χ4n) is 8.11. The van der Waals surface area contributed by atoms with E-state index in [9.17, 15) is 0 Å². The highest BCUT2D eigenvalue weighted by Gasteiger charge is 2.52. The van der Waals surface area contributed by atoms with Crippen LogP contribution in [-0.4, -0.2) is 16.6 Å². The number of para-hydroxylation sites is 3. The number of anilines is 2. The molecule has 0 fully saturated rings. The summed E-state index contributed by atoms with van der Waals surface area (Å²) in [7, 11) is 0. The summed E-state index contributed by atoms with van der Waals surface area (Å²) in [6.07, 6.45) is 6.12. The fraction of sp³-hybridized carbons (Fsp3) is 0.0870. The predicted octanol–water partition coefficient (Wildman–Crippen LogP) is 10.3. The van der Waals surface area contributed by atoms with Gasteiger partial charge in [-0.15, -0.1) is 0 Å². The Balaban J connectivity index is 1.13. The first-order valence-electron chi connectivity index (χ1n) is 17.4. The van der Waals surface area contributed by atoms with Gasteiger partial charge in [-0.1, -0.05) is 121 Å². The van der Waals surface area contributed by atoms with Gasteiger partial charge in [-0.2, -0.15) is 0 Å². The van der Waals surface area contributed by atoms with Crippen molar-refractivity contribution >= 4 is 40.4 Å². The summed E-state index contributed by atoms with van der Waals surface area (Å²) in [6, 6.07) is 57.0. The molecule has 3 atom stereocenters. The highest BCUT2D eigenvalue weighted by atomic mass is 15.2. The number of aliphatic imine (C=N–C) groups is 2. The van der Waals surface area contributed by atoms with Crippen LogP contribution >= 0.6 is 0 Å². The molecule has 5 nitrogen and oxygen atoms in total. The second-order valence-corrected chi connectivity index (χ2v) is 13.4. The smallest absolute Gasteiger partial charge is 0.167 e. The van der Waals surface area contributed by atoms with E-state index in [4.69, 9.17) is 15.7 Å². The molecule has 0 saturated carbocycles. The van der Waals surface area contributed by atoms with E-state index in [0.717, 1.165) is 22.4 Å². The van der Waals surface area contributed by atoms with E-state index in [1.54, 1.807) is 0 Å². The average molecular weight is 660 g/mol. The maximum atomic E-state index is 6.71. The van der Waals surface area contributed by atoms with E-state index < -0.39 is 6.17 Å². The largest absolute Gasteiger partial charge is 0.383 e. The lowest BCUT2D eigenvalue weighted by Crippen LogP contribution is -2.42. The van der Waals surface area contributed by atoms with Gasteiger partial charge in [0.05, 0.1) is 16.7 Å². The molecule has 51 heavy (non-hydrogen) atoms. The predicted molar refractivity (Wildman–Crippen MR) is 211 cm³/mol. The molecule has 3 unspecified atom stereocenters. The van der Waals surface area contributed by atoms with Gasteiger partial charge in [0.15, 0.2) is 6.17 Å². The van der Waals surface area contributed by atoms with Crippen molar-refractivity contribution in [3.05, 3.63) is 203 Å². The molecule has 0 amide bonds. The molecule has 7 aromatic rings. The van der Waals surface area contributed by atoms with E-state index >= 15 is 0 Å². The number of rotatable bonds is 7. The molecule has 246 valence electrons.